The molecule has 0 spiro atoms. The summed E-state index contributed by atoms with van der Waals surface area (Å²) >= 11 is 0. The van der Waals surface area contributed by atoms with Gasteiger partial charge in [-0.05, 0) is 25.8 Å². The molecule has 0 aliphatic carbocycles. The predicted octanol–water partition coefficient (Wildman–Crippen LogP) is 0.330. The van der Waals surface area contributed by atoms with E-state index in [1.54, 1.807) is 10.7 Å². The minimum absolute atomic E-state index is 0.0895. The van der Waals surface area contributed by atoms with Crippen LogP contribution in [0.1, 0.15) is 29.0 Å². The minimum atomic E-state index is -0.143. The van der Waals surface area contributed by atoms with Crippen LogP contribution in [0.5, 0.6) is 12.0 Å². The molecule has 1 fully saturated rings. The van der Waals surface area contributed by atoms with E-state index in [2.05, 4.69) is 25.4 Å². The number of nitrogens with zero attached hydrogens (tertiary/aromatic N) is 6. The maximum Gasteiger partial charge on any atom is 0.324 e. The van der Waals surface area contributed by atoms with Crippen molar-refractivity contribution in [2.24, 2.45) is 7.05 Å². The SMILES string of the molecule is COc1nc(OC)nc(N2CCC(NC(=O)c3cc(C)n(C)n3)CC2)n1. The Kier molecular flexibility index (Phi) is 5.19. The summed E-state index contributed by atoms with van der Waals surface area (Å²) in [5.74, 6) is 0.370. The molecule has 2 aromatic rings. The van der Waals surface area contributed by atoms with E-state index in [9.17, 15) is 4.79 Å². The molecule has 140 valence electrons. The van der Waals surface area contributed by atoms with Gasteiger partial charge in [0.05, 0.1) is 14.2 Å². The van der Waals surface area contributed by atoms with Crippen molar-refractivity contribution < 1.29 is 14.3 Å². The van der Waals surface area contributed by atoms with Crippen LogP contribution >= 0.6 is 0 Å². The van der Waals surface area contributed by atoms with Crippen LogP contribution in [-0.4, -0.2) is 64.0 Å². The van der Waals surface area contributed by atoms with Crippen LogP contribution in [0.2, 0.25) is 0 Å². The molecule has 1 N–H and O–H groups in total. The molecule has 0 aromatic carbocycles. The van der Waals surface area contributed by atoms with Gasteiger partial charge < -0.3 is 19.7 Å². The first-order valence-corrected chi connectivity index (χ1v) is 8.40. The van der Waals surface area contributed by atoms with Crippen molar-refractivity contribution in [1.29, 1.82) is 0 Å². The molecule has 0 radical (unpaired) electrons. The number of amides is 1. The summed E-state index contributed by atoms with van der Waals surface area (Å²) in [4.78, 5) is 26.9. The van der Waals surface area contributed by atoms with E-state index >= 15 is 0 Å². The molecule has 0 unspecified atom stereocenters. The molecule has 10 heteroatoms. The molecular weight excluding hydrogens is 338 g/mol. The fourth-order valence-electron chi connectivity index (χ4n) is 2.81. The number of ether oxygens (including phenoxy) is 2. The Morgan fingerprint density at radius 3 is 2.27 bits per heavy atom. The maximum absolute atomic E-state index is 12.3. The van der Waals surface area contributed by atoms with Crippen LogP contribution in [0.25, 0.3) is 0 Å². The van der Waals surface area contributed by atoms with E-state index in [0.29, 0.717) is 24.7 Å². The number of aryl methyl sites for hydroxylation is 2. The second-order valence-electron chi connectivity index (χ2n) is 6.14. The Labute approximate surface area is 151 Å². The molecule has 3 heterocycles. The number of anilines is 1. The second kappa shape index (κ2) is 7.54. The third kappa shape index (κ3) is 3.84. The van der Waals surface area contributed by atoms with Gasteiger partial charge in [-0.15, -0.1) is 4.98 Å². The average Bonchev–Trinajstić information content (AvgIpc) is 3.00. The largest absolute Gasteiger partial charge is 0.467 e. The zero-order chi connectivity index (χ0) is 18.7. The number of aromatic nitrogens is 5. The highest BCUT2D eigenvalue weighted by Gasteiger charge is 2.24. The molecule has 1 aliphatic heterocycles. The second-order valence-corrected chi connectivity index (χ2v) is 6.14. The first-order valence-electron chi connectivity index (χ1n) is 8.40. The van der Waals surface area contributed by atoms with E-state index in [4.69, 9.17) is 9.47 Å². The van der Waals surface area contributed by atoms with E-state index in [1.807, 2.05) is 18.9 Å². The first kappa shape index (κ1) is 17.9. The number of methoxy groups -OCH3 is 2. The van der Waals surface area contributed by atoms with Gasteiger partial charge in [-0.3, -0.25) is 9.48 Å². The van der Waals surface area contributed by atoms with Crippen LogP contribution in [0.3, 0.4) is 0 Å². The Morgan fingerprint density at radius 2 is 1.77 bits per heavy atom. The number of carbonyl (C=O) groups is 1. The van der Waals surface area contributed by atoms with Crippen molar-refractivity contribution in [2.45, 2.75) is 25.8 Å². The van der Waals surface area contributed by atoms with Crippen molar-refractivity contribution in [2.75, 3.05) is 32.2 Å². The normalized spacial score (nSPS) is 15.0. The molecule has 1 amide bonds. The molecule has 1 aliphatic rings. The predicted molar refractivity (Wildman–Crippen MR) is 93.6 cm³/mol. The van der Waals surface area contributed by atoms with E-state index in [0.717, 1.165) is 18.5 Å². The third-order valence-electron chi connectivity index (χ3n) is 4.41. The lowest BCUT2D eigenvalue weighted by Gasteiger charge is -2.32. The summed E-state index contributed by atoms with van der Waals surface area (Å²) < 4.78 is 11.9. The average molecular weight is 361 g/mol. The summed E-state index contributed by atoms with van der Waals surface area (Å²) in [6.07, 6.45) is 1.57. The number of carbonyl (C=O) groups excluding carboxylic acids is 1. The Balaban J connectivity index is 1.60. The number of nitrogens with one attached hydrogen (secondary N) is 1. The monoisotopic (exact) mass is 361 g/mol. The number of hydrogen-bond acceptors (Lipinski definition) is 8. The quantitative estimate of drug-likeness (QED) is 0.812. The van der Waals surface area contributed by atoms with Crippen molar-refractivity contribution in [3.8, 4) is 12.0 Å². The van der Waals surface area contributed by atoms with Gasteiger partial charge in [-0.1, -0.05) is 0 Å². The van der Waals surface area contributed by atoms with Gasteiger partial charge in [0.1, 0.15) is 5.69 Å². The Hall–Kier alpha value is -2.91. The first-order chi connectivity index (χ1) is 12.5. The summed E-state index contributed by atoms with van der Waals surface area (Å²) in [6, 6.07) is 2.31. The highest BCUT2D eigenvalue weighted by molar-refractivity contribution is 5.92. The zero-order valence-corrected chi connectivity index (χ0v) is 15.4. The van der Waals surface area contributed by atoms with Crippen LogP contribution in [-0.2, 0) is 7.05 Å². The Bertz CT molecular complexity index is 742. The fourth-order valence-corrected chi connectivity index (χ4v) is 2.81. The molecule has 0 atom stereocenters. The van der Waals surface area contributed by atoms with E-state index < -0.39 is 0 Å². The van der Waals surface area contributed by atoms with Crippen molar-refractivity contribution in [3.05, 3.63) is 17.5 Å². The standard InChI is InChI=1S/C16H23N7O3/c1-10-9-12(21-22(10)2)13(24)17-11-5-7-23(8-6-11)14-18-15(25-3)20-16(19-14)26-4/h9,11H,5-8H2,1-4H3,(H,17,24). The summed E-state index contributed by atoms with van der Waals surface area (Å²) in [7, 11) is 4.82. The number of hydrogen-bond donors (Lipinski definition) is 1. The van der Waals surface area contributed by atoms with Gasteiger partial charge in [0.15, 0.2) is 0 Å². The summed E-state index contributed by atoms with van der Waals surface area (Å²) in [6.45, 7) is 3.34. The molecule has 0 saturated carbocycles. The summed E-state index contributed by atoms with van der Waals surface area (Å²) in [5, 5.41) is 7.26. The molecule has 3 rings (SSSR count). The highest BCUT2D eigenvalue weighted by Crippen LogP contribution is 2.20. The van der Waals surface area contributed by atoms with Crippen LogP contribution in [0.4, 0.5) is 5.95 Å². The lowest BCUT2D eigenvalue weighted by atomic mass is 10.1. The van der Waals surface area contributed by atoms with Gasteiger partial charge in [0.25, 0.3) is 5.91 Å². The maximum atomic E-state index is 12.3. The van der Waals surface area contributed by atoms with Crippen molar-refractivity contribution in [1.82, 2.24) is 30.0 Å². The fraction of sp³-hybridized carbons (Fsp3) is 0.562. The lowest BCUT2D eigenvalue weighted by molar-refractivity contribution is 0.0925. The molecule has 2 aromatic heterocycles. The molecular formula is C16H23N7O3. The van der Waals surface area contributed by atoms with Crippen LogP contribution in [0.15, 0.2) is 6.07 Å². The zero-order valence-electron chi connectivity index (χ0n) is 15.4. The summed E-state index contributed by atoms with van der Waals surface area (Å²) in [5.41, 5.74) is 1.39. The van der Waals surface area contributed by atoms with E-state index in [1.165, 1.54) is 14.2 Å². The van der Waals surface area contributed by atoms with Gasteiger partial charge >= 0.3 is 12.0 Å². The van der Waals surface area contributed by atoms with E-state index in [-0.39, 0.29) is 24.0 Å². The smallest absolute Gasteiger partial charge is 0.324 e. The van der Waals surface area contributed by atoms with Crippen molar-refractivity contribution in [3.63, 3.8) is 0 Å². The molecule has 26 heavy (non-hydrogen) atoms. The molecule has 10 nitrogen and oxygen atoms in total. The topological polar surface area (TPSA) is 107 Å². The van der Waals surface area contributed by atoms with Crippen LogP contribution < -0.4 is 19.7 Å². The minimum Gasteiger partial charge on any atom is -0.467 e. The molecule has 0 bridgehead atoms. The van der Waals surface area contributed by atoms with Crippen molar-refractivity contribution >= 4 is 11.9 Å². The Morgan fingerprint density at radius 1 is 1.15 bits per heavy atom. The number of piperidine rings is 1. The van der Waals surface area contributed by atoms with Gasteiger partial charge in [0, 0.05) is 31.9 Å². The third-order valence-corrected chi connectivity index (χ3v) is 4.41. The van der Waals surface area contributed by atoms with Gasteiger partial charge in [-0.2, -0.15) is 15.1 Å². The lowest BCUT2D eigenvalue weighted by Crippen LogP contribution is -2.45. The highest BCUT2D eigenvalue weighted by atomic mass is 16.5. The van der Waals surface area contributed by atoms with Gasteiger partial charge in [-0.25, -0.2) is 0 Å². The molecule has 1 saturated heterocycles. The number of rotatable bonds is 5. The van der Waals surface area contributed by atoms with Gasteiger partial charge in [0.2, 0.25) is 5.95 Å². The van der Waals surface area contributed by atoms with Crippen LogP contribution in [0, 0.1) is 6.92 Å².